The van der Waals surface area contributed by atoms with Gasteiger partial charge >= 0.3 is 0 Å². The Hall–Kier alpha value is -2.49. The molecule has 4 nitrogen and oxygen atoms in total. The summed E-state index contributed by atoms with van der Waals surface area (Å²) in [5, 5.41) is 0. The molecule has 0 saturated heterocycles. The topological polar surface area (TPSA) is 61.6 Å². The maximum absolute atomic E-state index is 12.5. The fourth-order valence-corrected chi connectivity index (χ4v) is 2.29. The summed E-state index contributed by atoms with van der Waals surface area (Å²) >= 11 is 0. The van der Waals surface area contributed by atoms with E-state index in [9.17, 15) is 4.79 Å². The highest BCUT2D eigenvalue weighted by molar-refractivity contribution is 6.01. The van der Waals surface area contributed by atoms with Gasteiger partial charge in [0.05, 0.1) is 0 Å². The third-order valence-electron chi connectivity index (χ3n) is 3.32. The summed E-state index contributed by atoms with van der Waals surface area (Å²) in [6, 6.07) is 12.6. The normalized spacial score (nSPS) is 16.8. The number of Topliss-reactive ketones (excluding diaryl/α,β-unsaturated/α-hetero) is 1. The Morgan fingerprint density at radius 1 is 1.20 bits per heavy atom. The van der Waals surface area contributed by atoms with Crippen LogP contribution in [0.3, 0.4) is 0 Å². The molecule has 1 unspecified atom stereocenters. The Morgan fingerprint density at radius 2 is 1.95 bits per heavy atom. The summed E-state index contributed by atoms with van der Waals surface area (Å²) in [7, 11) is 0. The Morgan fingerprint density at radius 3 is 2.70 bits per heavy atom. The number of carbonyl (C=O) groups excluding carboxylic acids is 1. The zero-order valence-corrected chi connectivity index (χ0v) is 11.1. The van der Waals surface area contributed by atoms with E-state index in [2.05, 4.69) is 0 Å². The SMILES string of the molecule is Cc1cc(N)ccc1C(=O)C1COc2ccccc2O1. The molecule has 0 spiro atoms. The van der Waals surface area contributed by atoms with Crippen LogP contribution in [-0.2, 0) is 0 Å². The fraction of sp³-hybridized carbons (Fsp3) is 0.188. The van der Waals surface area contributed by atoms with Crippen LogP contribution in [0.5, 0.6) is 11.5 Å². The van der Waals surface area contributed by atoms with Crippen molar-refractivity contribution in [3.63, 3.8) is 0 Å². The van der Waals surface area contributed by atoms with Crippen molar-refractivity contribution in [2.45, 2.75) is 13.0 Å². The number of benzene rings is 2. The third kappa shape index (κ3) is 2.20. The van der Waals surface area contributed by atoms with Crippen LogP contribution in [0.25, 0.3) is 0 Å². The van der Waals surface area contributed by atoms with Crippen LogP contribution in [0.4, 0.5) is 5.69 Å². The Kier molecular flexibility index (Phi) is 3.06. The second kappa shape index (κ2) is 4.89. The third-order valence-corrected chi connectivity index (χ3v) is 3.32. The predicted octanol–water partition coefficient (Wildman–Crippen LogP) is 2.60. The lowest BCUT2D eigenvalue weighted by Gasteiger charge is -2.25. The van der Waals surface area contributed by atoms with Gasteiger partial charge in [0.2, 0.25) is 5.78 Å². The lowest BCUT2D eigenvalue weighted by atomic mass is 10.0. The molecule has 1 atom stereocenters. The molecule has 0 aromatic heterocycles. The number of aryl methyl sites for hydroxylation is 1. The highest BCUT2D eigenvalue weighted by Gasteiger charge is 2.28. The first-order valence-corrected chi connectivity index (χ1v) is 6.44. The monoisotopic (exact) mass is 269 g/mol. The highest BCUT2D eigenvalue weighted by Crippen LogP contribution is 2.32. The number of anilines is 1. The smallest absolute Gasteiger partial charge is 0.207 e. The average Bonchev–Trinajstić information content (AvgIpc) is 2.46. The lowest BCUT2D eigenvalue weighted by molar-refractivity contribution is 0.0585. The highest BCUT2D eigenvalue weighted by atomic mass is 16.6. The molecule has 0 fully saturated rings. The maximum Gasteiger partial charge on any atom is 0.207 e. The molecular formula is C16H15NO3. The zero-order valence-electron chi connectivity index (χ0n) is 11.1. The van der Waals surface area contributed by atoms with E-state index in [1.807, 2.05) is 25.1 Å². The van der Waals surface area contributed by atoms with Gasteiger partial charge in [0.25, 0.3) is 0 Å². The number of para-hydroxylation sites is 2. The first-order chi connectivity index (χ1) is 9.65. The number of fused-ring (bicyclic) bond motifs is 1. The van der Waals surface area contributed by atoms with E-state index in [1.165, 1.54) is 0 Å². The minimum Gasteiger partial charge on any atom is -0.485 e. The Bertz CT molecular complexity index is 667. The zero-order chi connectivity index (χ0) is 14.1. The van der Waals surface area contributed by atoms with Gasteiger partial charge in [-0.25, -0.2) is 0 Å². The minimum absolute atomic E-state index is 0.0861. The van der Waals surface area contributed by atoms with Gasteiger partial charge in [0, 0.05) is 11.3 Å². The van der Waals surface area contributed by atoms with E-state index in [4.69, 9.17) is 15.2 Å². The summed E-state index contributed by atoms with van der Waals surface area (Å²) in [4.78, 5) is 12.5. The van der Waals surface area contributed by atoms with Gasteiger partial charge in [-0.05, 0) is 42.8 Å². The van der Waals surface area contributed by atoms with Crippen molar-refractivity contribution in [1.82, 2.24) is 0 Å². The predicted molar refractivity (Wildman–Crippen MR) is 76.3 cm³/mol. The van der Waals surface area contributed by atoms with Gasteiger partial charge < -0.3 is 15.2 Å². The molecule has 0 saturated carbocycles. The minimum atomic E-state index is -0.618. The second-order valence-electron chi connectivity index (χ2n) is 4.80. The molecule has 0 radical (unpaired) electrons. The molecule has 2 aromatic rings. The van der Waals surface area contributed by atoms with Crippen LogP contribution < -0.4 is 15.2 Å². The molecule has 0 bridgehead atoms. The second-order valence-corrected chi connectivity index (χ2v) is 4.80. The van der Waals surface area contributed by atoms with Crippen LogP contribution in [-0.4, -0.2) is 18.5 Å². The molecule has 2 N–H and O–H groups in total. The van der Waals surface area contributed by atoms with Crippen LogP contribution in [0.2, 0.25) is 0 Å². The molecule has 2 aromatic carbocycles. The van der Waals surface area contributed by atoms with Crippen molar-refractivity contribution in [2.24, 2.45) is 0 Å². The fourth-order valence-electron chi connectivity index (χ4n) is 2.29. The van der Waals surface area contributed by atoms with Crippen LogP contribution in [0.15, 0.2) is 42.5 Å². The van der Waals surface area contributed by atoms with Crippen molar-refractivity contribution < 1.29 is 14.3 Å². The summed E-state index contributed by atoms with van der Waals surface area (Å²) in [5.41, 5.74) is 7.81. The van der Waals surface area contributed by atoms with Crippen LogP contribution in [0, 0.1) is 6.92 Å². The molecule has 1 aliphatic rings. The summed E-state index contributed by atoms with van der Waals surface area (Å²) in [6.45, 7) is 2.08. The molecule has 20 heavy (non-hydrogen) atoms. The number of hydrogen-bond acceptors (Lipinski definition) is 4. The first kappa shape index (κ1) is 12.5. The van der Waals surface area contributed by atoms with E-state index >= 15 is 0 Å². The molecule has 3 rings (SSSR count). The van der Waals surface area contributed by atoms with Gasteiger partial charge in [-0.2, -0.15) is 0 Å². The lowest BCUT2D eigenvalue weighted by Crippen LogP contribution is -2.36. The number of carbonyl (C=O) groups is 1. The standard InChI is InChI=1S/C16H15NO3/c1-10-8-11(17)6-7-12(10)16(18)15-9-19-13-4-2-3-5-14(13)20-15/h2-8,15H,9,17H2,1H3. The Balaban J connectivity index is 1.86. The molecule has 0 aliphatic carbocycles. The molecule has 1 heterocycles. The van der Waals surface area contributed by atoms with Gasteiger partial charge in [0.15, 0.2) is 17.6 Å². The number of rotatable bonds is 2. The molecule has 0 amide bonds. The number of hydrogen-bond donors (Lipinski definition) is 1. The van der Waals surface area contributed by atoms with Gasteiger partial charge in [-0.1, -0.05) is 12.1 Å². The summed E-state index contributed by atoms with van der Waals surface area (Å²) in [6.07, 6.45) is -0.618. The van der Waals surface area contributed by atoms with E-state index < -0.39 is 6.10 Å². The number of ether oxygens (including phenoxy) is 2. The first-order valence-electron chi connectivity index (χ1n) is 6.44. The van der Waals surface area contributed by atoms with E-state index in [0.717, 1.165) is 5.56 Å². The molecular weight excluding hydrogens is 254 g/mol. The average molecular weight is 269 g/mol. The number of nitrogen functional groups attached to an aromatic ring is 1. The van der Waals surface area contributed by atoms with E-state index in [-0.39, 0.29) is 12.4 Å². The molecule has 1 aliphatic heterocycles. The molecule has 102 valence electrons. The summed E-state index contributed by atoms with van der Waals surface area (Å²) in [5.74, 6) is 1.19. The van der Waals surface area contributed by atoms with Crippen molar-refractivity contribution in [1.29, 1.82) is 0 Å². The maximum atomic E-state index is 12.5. The van der Waals surface area contributed by atoms with Crippen molar-refractivity contribution in [3.05, 3.63) is 53.6 Å². The molecule has 4 heteroatoms. The Labute approximate surface area is 117 Å². The van der Waals surface area contributed by atoms with Crippen LogP contribution in [0.1, 0.15) is 15.9 Å². The van der Waals surface area contributed by atoms with Crippen molar-refractivity contribution in [3.8, 4) is 11.5 Å². The van der Waals surface area contributed by atoms with Gasteiger partial charge in [-0.3, -0.25) is 4.79 Å². The quantitative estimate of drug-likeness (QED) is 0.672. The van der Waals surface area contributed by atoms with E-state index in [0.29, 0.717) is 22.7 Å². The van der Waals surface area contributed by atoms with Crippen molar-refractivity contribution in [2.75, 3.05) is 12.3 Å². The van der Waals surface area contributed by atoms with Gasteiger partial charge in [0.1, 0.15) is 6.61 Å². The van der Waals surface area contributed by atoms with Crippen molar-refractivity contribution >= 4 is 11.5 Å². The number of ketones is 1. The number of nitrogens with two attached hydrogens (primary N) is 1. The van der Waals surface area contributed by atoms with Crippen LogP contribution >= 0.6 is 0 Å². The largest absolute Gasteiger partial charge is 0.485 e. The van der Waals surface area contributed by atoms with E-state index in [1.54, 1.807) is 24.3 Å². The summed E-state index contributed by atoms with van der Waals surface area (Å²) < 4.78 is 11.3. The van der Waals surface area contributed by atoms with Gasteiger partial charge in [-0.15, -0.1) is 0 Å².